The van der Waals surface area contributed by atoms with Gasteiger partial charge in [0.15, 0.2) is 28.9 Å². The minimum Gasteiger partial charge on any atom is -0.493 e. The van der Waals surface area contributed by atoms with Crippen molar-refractivity contribution in [1.82, 2.24) is 30.1 Å². The Bertz CT molecular complexity index is 1560. The van der Waals surface area contributed by atoms with E-state index in [9.17, 15) is 9.18 Å². The molecule has 220 valence electrons. The van der Waals surface area contributed by atoms with E-state index in [1.807, 2.05) is 23.6 Å². The predicted octanol–water partition coefficient (Wildman–Crippen LogP) is 4.01. The molecule has 2 amide bonds. The number of halogens is 1. The maximum atomic E-state index is 14.9. The number of nitrogens with one attached hydrogen (secondary N) is 2. The molecule has 0 saturated heterocycles. The molecule has 13 nitrogen and oxygen atoms in total. The van der Waals surface area contributed by atoms with E-state index in [4.69, 9.17) is 18.9 Å². The standard InChI is InChI=1S/C28H31FN8O5/c1-36(2)12-13-37-17-32-34-27(37)22-15-20(10-11-30-22)42-23-9-7-19(14-21(23)29)33-28(38)35-31-16-18-6-8-24(39-3)26(41-5)25(18)40-4/h6-11,14-17H,12-13H2,1-5H3,(H2,33,35,38)/b31-16+. The molecule has 2 aromatic heterocycles. The number of nitrogens with zero attached hydrogens (tertiary/aromatic N) is 6. The number of pyridine rings is 1. The number of urea groups is 1. The van der Waals surface area contributed by atoms with E-state index in [2.05, 4.69) is 31.0 Å². The Morgan fingerprint density at radius 2 is 1.83 bits per heavy atom. The summed E-state index contributed by atoms with van der Waals surface area (Å²) >= 11 is 0. The number of methoxy groups -OCH3 is 3. The number of hydrazone groups is 1. The average molecular weight is 579 g/mol. The molecule has 4 rings (SSSR count). The third-order valence-electron chi connectivity index (χ3n) is 5.89. The summed E-state index contributed by atoms with van der Waals surface area (Å²) in [5, 5.41) is 14.6. The molecule has 2 N–H and O–H groups in total. The number of aromatic nitrogens is 4. The zero-order valence-corrected chi connectivity index (χ0v) is 23.8. The van der Waals surface area contributed by atoms with Crippen LogP contribution < -0.4 is 29.7 Å². The molecule has 2 aromatic carbocycles. The summed E-state index contributed by atoms with van der Waals surface area (Å²) in [7, 11) is 8.43. The van der Waals surface area contributed by atoms with E-state index in [0.717, 1.165) is 12.6 Å². The van der Waals surface area contributed by atoms with Crippen molar-refractivity contribution in [3.8, 4) is 40.3 Å². The highest BCUT2D eigenvalue weighted by molar-refractivity contribution is 5.91. The zero-order valence-electron chi connectivity index (χ0n) is 23.8. The molecule has 0 aliphatic rings. The minimum absolute atomic E-state index is 0.0363. The highest BCUT2D eigenvalue weighted by Gasteiger charge is 2.15. The summed E-state index contributed by atoms with van der Waals surface area (Å²) in [6.07, 6.45) is 4.56. The van der Waals surface area contributed by atoms with Gasteiger partial charge >= 0.3 is 6.03 Å². The Morgan fingerprint density at radius 1 is 1.05 bits per heavy atom. The molecule has 42 heavy (non-hydrogen) atoms. The van der Waals surface area contributed by atoms with Crippen molar-refractivity contribution < 1.29 is 28.1 Å². The number of benzene rings is 2. The average Bonchev–Trinajstić information content (AvgIpc) is 3.46. The molecule has 14 heteroatoms. The first-order valence-electron chi connectivity index (χ1n) is 12.7. The van der Waals surface area contributed by atoms with Gasteiger partial charge in [0.2, 0.25) is 5.75 Å². The number of hydrogen-bond donors (Lipinski definition) is 2. The Hall–Kier alpha value is -5.24. The molecular weight excluding hydrogens is 547 g/mol. The van der Waals surface area contributed by atoms with E-state index in [-0.39, 0.29) is 11.4 Å². The summed E-state index contributed by atoms with van der Waals surface area (Å²) < 4.78 is 38.5. The number of carbonyl (C=O) groups excluding carboxylic acids is 1. The van der Waals surface area contributed by atoms with Crippen LogP contribution in [-0.2, 0) is 6.54 Å². The van der Waals surface area contributed by atoms with Crippen molar-refractivity contribution >= 4 is 17.9 Å². The molecular formula is C28H31FN8O5. The molecule has 0 bridgehead atoms. The van der Waals surface area contributed by atoms with Gasteiger partial charge in [0.05, 0.1) is 27.5 Å². The normalized spacial score (nSPS) is 11.0. The molecule has 0 fully saturated rings. The number of anilines is 1. The lowest BCUT2D eigenvalue weighted by Gasteiger charge is -2.13. The van der Waals surface area contributed by atoms with Crippen LogP contribution in [0.4, 0.5) is 14.9 Å². The van der Waals surface area contributed by atoms with E-state index in [1.165, 1.54) is 39.7 Å². The fraction of sp³-hybridized carbons (Fsp3) is 0.250. The maximum absolute atomic E-state index is 14.9. The van der Waals surface area contributed by atoms with Gasteiger partial charge in [0, 0.05) is 42.7 Å². The maximum Gasteiger partial charge on any atom is 0.339 e. The summed E-state index contributed by atoms with van der Waals surface area (Å²) in [6, 6.07) is 9.99. The second-order valence-corrected chi connectivity index (χ2v) is 9.02. The molecule has 0 radical (unpaired) electrons. The van der Waals surface area contributed by atoms with E-state index >= 15 is 0 Å². The van der Waals surface area contributed by atoms with Crippen LogP contribution in [0.1, 0.15) is 5.56 Å². The van der Waals surface area contributed by atoms with Crippen LogP contribution in [-0.4, -0.2) is 78.9 Å². The molecule has 4 aromatic rings. The number of likely N-dealkylation sites (N-methyl/N-ethyl adjacent to an activating group) is 1. The lowest BCUT2D eigenvalue weighted by atomic mass is 10.2. The van der Waals surface area contributed by atoms with Gasteiger partial charge in [0.25, 0.3) is 0 Å². The molecule has 2 heterocycles. The van der Waals surface area contributed by atoms with E-state index in [0.29, 0.717) is 46.6 Å². The van der Waals surface area contributed by atoms with Gasteiger partial charge in [-0.05, 0) is 44.4 Å². The predicted molar refractivity (Wildman–Crippen MR) is 154 cm³/mol. The van der Waals surface area contributed by atoms with Crippen molar-refractivity contribution in [2.45, 2.75) is 6.54 Å². The van der Waals surface area contributed by atoms with Gasteiger partial charge < -0.3 is 33.7 Å². The van der Waals surface area contributed by atoms with Crippen molar-refractivity contribution in [2.24, 2.45) is 5.10 Å². The summed E-state index contributed by atoms with van der Waals surface area (Å²) in [5.41, 5.74) is 3.59. The third-order valence-corrected chi connectivity index (χ3v) is 5.89. The van der Waals surface area contributed by atoms with Crippen molar-refractivity contribution in [1.29, 1.82) is 0 Å². The first-order chi connectivity index (χ1) is 20.3. The Morgan fingerprint density at radius 3 is 2.55 bits per heavy atom. The first kappa shape index (κ1) is 29.7. The topological polar surface area (TPSA) is 137 Å². The Balaban J connectivity index is 1.39. The van der Waals surface area contributed by atoms with Gasteiger partial charge in [-0.25, -0.2) is 14.6 Å². The summed E-state index contributed by atoms with van der Waals surface area (Å²) in [6.45, 7) is 1.47. The summed E-state index contributed by atoms with van der Waals surface area (Å²) in [5.74, 6) is 1.46. The monoisotopic (exact) mass is 578 g/mol. The number of carbonyl (C=O) groups is 1. The van der Waals surface area contributed by atoms with Crippen LogP contribution in [0.5, 0.6) is 28.7 Å². The second-order valence-electron chi connectivity index (χ2n) is 9.02. The van der Waals surface area contributed by atoms with Crippen LogP contribution in [0.25, 0.3) is 11.5 Å². The molecule has 0 spiro atoms. The zero-order chi connectivity index (χ0) is 30.1. The Labute approximate surface area is 241 Å². The van der Waals surface area contributed by atoms with E-state index in [1.54, 1.807) is 36.8 Å². The van der Waals surface area contributed by atoms with Crippen LogP contribution in [0.2, 0.25) is 0 Å². The molecule has 0 aliphatic carbocycles. The van der Waals surface area contributed by atoms with Crippen molar-refractivity contribution in [2.75, 3.05) is 47.3 Å². The third kappa shape index (κ3) is 7.28. The molecule has 0 unspecified atom stereocenters. The largest absolute Gasteiger partial charge is 0.493 e. The highest BCUT2D eigenvalue weighted by atomic mass is 19.1. The summed E-state index contributed by atoms with van der Waals surface area (Å²) in [4.78, 5) is 18.7. The van der Waals surface area contributed by atoms with Gasteiger partial charge in [-0.3, -0.25) is 4.98 Å². The van der Waals surface area contributed by atoms with Crippen LogP contribution in [0, 0.1) is 5.82 Å². The number of amides is 2. The van der Waals surface area contributed by atoms with Gasteiger partial charge in [0.1, 0.15) is 17.8 Å². The molecule has 0 saturated carbocycles. The molecule has 0 atom stereocenters. The van der Waals surface area contributed by atoms with Crippen LogP contribution in [0.15, 0.2) is 60.1 Å². The number of ether oxygens (including phenoxy) is 4. The lowest BCUT2D eigenvalue weighted by Crippen LogP contribution is -2.24. The lowest BCUT2D eigenvalue weighted by molar-refractivity contribution is 0.252. The fourth-order valence-electron chi connectivity index (χ4n) is 3.86. The van der Waals surface area contributed by atoms with Gasteiger partial charge in [-0.15, -0.1) is 10.2 Å². The van der Waals surface area contributed by atoms with Gasteiger partial charge in [-0.2, -0.15) is 5.10 Å². The van der Waals surface area contributed by atoms with Crippen molar-refractivity contribution in [3.05, 3.63) is 66.4 Å². The quantitative estimate of drug-likeness (QED) is 0.189. The highest BCUT2D eigenvalue weighted by Crippen LogP contribution is 2.39. The SMILES string of the molecule is COc1ccc(/C=N/NC(=O)Nc2ccc(Oc3ccnc(-c4nncn4CCN(C)C)c3)c(F)c2)c(OC)c1OC. The number of rotatable bonds is 12. The number of hydrogen-bond acceptors (Lipinski definition) is 10. The smallest absolute Gasteiger partial charge is 0.339 e. The second kappa shape index (κ2) is 13.9. The Kier molecular flexibility index (Phi) is 9.84. The molecule has 0 aliphatic heterocycles. The van der Waals surface area contributed by atoms with E-state index < -0.39 is 11.8 Å². The minimum atomic E-state index is -0.684. The van der Waals surface area contributed by atoms with Gasteiger partial charge in [-0.1, -0.05) is 0 Å². The van der Waals surface area contributed by atoms with Crippen LogP contribution >= 0.6 is 0 Å². The van der Waals surface area contributed by atoms with Crippen molar-refractivity contribution in [3.63, 3.8) is 0 Å². The fourth-order valence-corrected chi connectivity index (χ4v) is 3.86. The first-order valence-corrected chi connectivity index (χ1v) is 12.7. The van der Waals surface area contributed by atoms with Crippen LogP contribution in [0.3, 0.4) is 0 Å².